The van der Waals surface area contributed by atoms with Crippen molar-refractivity contribution < 1.29 is 31.4 Å². The van der Waals surface area contributed by atoms with Crippen molar-refractivity contribution in [3.8, 4) is 11.5 Å². The average Bonchev–Trinajstić information content (AvgIpc) is 3.07. The predicted octanol–water partition coefficient (Wildman–Crippen LogP) is 2.85. The van der Waals surface area contributed by atoms with Crippen LogP contribution < -0.4 is 20.1 Å². The molecule has 1 aliphatic heterocycles. The number of hydrogen-bond donors (Lipinski definition) is 2. The molecule has 0 aliphatic carbocycles. The number of likely N-dealkylation sites (tertiary alicyclic amines) is 1. The van der Waals surface area contributed by atoms with Crippen molar-refractivity contribution in [1.29, 1.82) is 0 Å². The molecule has 29 heavy (non-hydrogen) atoms. The topological polar surface area (TPSA) is 58.1 Å². The number of halogens is 5. The highest BCUT2D eigenvalue weighted by atomic mass is 19.4. The number of alkyl halides is 5. The number of nitrogens with one attached hydrogen (secondary N) is 2. The molecule has 0 amide bonds. The molecule has 1 atom stereocenters. The zero-order valence-corrected chi connectivity index (χ0v) is 16.2. The summed E-state index contributed by atoms with van der Waals surface area (Å²) in [6.45, 7) is -2.52. The first kappa shape index (κ1) is 23.0. The number of benzene rings is 1. The van der Waals surface area contributed by atoms with Crippen molar-refractivity contribution >= 4 is 5.96 Å². The minimum Gasteiger partial charge on any atom is -0.497 e. The Kier molecular flexibility index (Phi) is 8.30. The van der Waals surface area contributed by atoms with Crippen LogP contribution in [0, 0.1) is 5.92 Å². The lowest BCUT2D eigenvalue weighted by Gasteiger charge is -2.19. The third-order valence-electron chi connectivity index (χ3n) is 4.48. The molecule has 0 saturated carbocycles. The van der Waals surface area contributed by atoms with Crippen LogP contribution in [0.4, 0.5) is 22.0 Å². The fourth-order valence-electron chi connectivity index (χ4n) is 3.15. The standard InChI is InChI=1S/C18H25F5N4O2/c1-24-17(25-8-12-5-6-27(10-12)11-18(21,22)23)26-9-13-7-14(28-2)3-4-15(13)29-16(19)20/h3-4,7,12,16H,5-6,8-11H2,1-2H3,(H2,24,25,26). The second-order valence-corrected chi connectivity index (χ2v) is 6.66. The van der Waals surface area contributed by atoms with Gasteiger partial charge in [0, 0.05) is 32.2 Å². The maximum atomic E-state index is 12.6. The maximum Gasteiger partial charge on any atom is 0.401 e. The molecule has 0 spiro atoms. The number of hydrogen-bond acceptors (Lipinski definition) is 4. The molecule has 1 saturated heterocycles. The predicted molar refractivity (Wildman–Crippen MR) is 98.4 cm³/mol. The Morgan fingerprint density at radius 2 is 2.07 bits per heavy atom. The van der Waals surface area contributed by atoms with E-state index in [9.17, 15) is 22.0 Å². The summed E-state index contributed by atoms with van der Waals surface area (Å²) in [6.07, 6.45) is -3.54. The van der Waals surface area contributed by atoms with Crippen molar-refractivity contribution in [2.45, 2.75) is 25.8 Å². The van der Waals surface area contributed by atoms with Crippen LogP contribution in [0.3, 0.4) is 0 Å². The smallest absolute Gasteiger partial charge is 0.401 e. The van der Waals surface area contributed by atoms with E-state index in [-0.39, 0.29) is 18.2 Å². The van der Waals surface area contributed by atoms with E-state index in [1.54, 1.807) is 13.1 Å². The van der Waals surface area contributed by atoms with Crippen molar-refractivity contribution in [1.82, 2.24) is 15.5 Å². The Morgan fingerprint density at radius 3 is 2.69 bits per heavy atom. The largest absolute Gasteiger partial charge is 0.497 e. The van der Waals surface area contributed by atoms with Gasteiger partial charge in [0.05, 0.1) is 13.7 Å². The Balaban J connectivity index is 1.87. The normalized spacial score (nSPS) is 18.2. The molecule has 0 radical (unpaired) electrons. The molecule has 0 aromatic heterocycles. The first-order valence-electron chi connectivity index (χ1n) is 9.05. The van der Waals surface area contributed by atoms with Crippen LogP contribution in [0.25, 0.3) is 0 Å². The van der Waals surface area contributed by atoms with Crippen molar-refractivity contribution in [2.75, 3.05) is 40.3 Å². The summed E-state index contributed by atoms with van der Waals surface area (Å²) in [5.74, 6) is 0.972. The quantitative estimate of drug-likeness (QED) is 0.382. The summed E-state index contributed by atoms with van der Waals surface area (Å²) in [4.78, 5) is 5.44. The zero-order chi connectivity index (χ0) is 21.4. The molecule has 1 unspecified atom stereocenters. The highest BCUT2D eigenvalue weighted by Gasteiger charge is 2.34. The number of nitrogens with zero attached hydrogens (tertiary/aromatic N) is 2. The van der Waals surface area contributed by atoms with Gasteiger partial charge < -0.3 is 20.1 Å². The van der Waals surface area contributed by atoms with Gasteiger partial charge >= 0.3 is 12.8 Å². The van der Waals surface area contributed by atoms with Gasteiger partial charge in [-0.05, 0) is 37.1 Å². The Morgan fingerprint density at radius 1 is 1.31 bits per heavy atom. The molecular weight excluding hydrogens is 399 g/mol. The van der Waals surface area contributed by atoms with Gasteiger partial charge in [0.1, 0.15) is 11.5 Å². The summed E-state index contributed by atoms with van der Waals surface area (Å²) in [6, 6.07) is 4.48. The van der Waals surface area contributed by atoms with Crippen molar-refractivity contribution in [3.63, 3.8) is 0 Å². The van der Waals surface area contributed by atoms with Gasteiger partial charge in [-0.15, -0.1) is 0 Å². The van der Waals surface area contributed by atoms with E-state index in [1.807, 2.05) is 0 Å². The molecule has 6 nitrogen and oxygen atoms in total. The molecule has 1 aromatic rings. The fourth-order valence-corrected chi connectivity index (χ4v) is 3.15. The van der Waals surface area contributed by atoms with Gasteiger partial charge in [0.2, 0.25) is 0 Å². The Bertz CT molecular complexity index is 685. The highest BCUT2D eigenvalue weighted by molar-refractivity contribution is 5.79. The Hall–Kier alpha value is -2.30. The molecule has 11 heteroatoms. The molecule has 2 N–H and O–H groups in total. The monoisotopic (exact) mass is 424 g/mol. The minimum absolute atomic E-state index is 0.0161. The van der Waals surface area contributed by atoms with E-state index < -0.39 is 19.3 Å². The van der Waals surface area contributed by atoms with Crippen LogP contribution in [0.5, 0.6) is 11.5 Å². The molecule has 164 valence electrons. The first-order chi connectivity index (χ1) is 13.7. The summed E-state index contributed by atoms with van der Waals surface area (Å²) in [5, 5.41) is 6.05. The summed E-state index contributed by atoms with van der Waals surface area (Å²) >= 11 is 0. The van der Waals surface area contributed by atoms with Gasteiger partial charge in [-0.25, -0.2) is 0 Å². The van der Waals surface area contributed by atoms with Gasteiger partial charge in [0.15, 0.2) is 5.96 Å². The SMILES string of the molecule is CN=C(NCc1cc(OC)ccc1OC(F)F)NCC1CCN(CC(F)(F)F)C1. The number of methoxy groups -OCH3 is 1. The van der Waals surface area contributed by atoms with Gasteiger partial charge in [-0.2, -0.15) is 22.0 Å². The van der Waals surface area contributed by atoms with E-state index in [1.165, 1.54) is 24.1 Å². The molecule has 1 aliphatic rings. The van der Waals surface area contributed by atoms with E-state index in [0.717, 1.165) is 0 Å². The highest BCUT2D eigenvalue weighted by Crippen LogP contribution is 2.26. The number of rotatable bonds is 8. The summed E-state index contributed by atoms with van der Waals surface area (Å²) in [5.41, 5.74) is 0.449. The minimum atomic E-state index is -4.20. The second kappa shape index (κ2) is 10.5. The third kappa shape index (κ3) is 7.92. The van der Waals surface area contributed by atoms with Crippen LogP contribution >= 0.6 is 0 Å². The van der Waals surface area contributed by atoms with Gasteiger partial charge in [0.25, 0.3) is 0 Å². The van der Waals surface area contributed by atoms with Crippen LogP contribution in [-0.4, -0.2) is 64.0 Å². The maximum absolute atomic E-state index is 12.6. The molecule has 1 fully saturated rings. The lowest BCUT2D eigenvalue weighted by atomic mass is 10.1. The number of guanidine groups is 1. The molecular formula is C18H25F5N4O2. The average molecular weight is 424 g/mol. The molecule has 2 rings (SSSR count). The van der Waals surface area contributed by atoms with E-state index in [2.05, 4.69) is 20.4 Å². The first-order valence-corrected chi connectivity index (χ1v) is 9.05. The lowest BCUT2D eigenvalue weighted by Crippen LogP contribution is -2.40. The van der Waals surface area contributed by atoms with Crippen LogP contribution in [0.15, 0.2) is 23.2 Å². The summed E-state index contributed by atoms with van der Waals surface area (Å²) < 4.78 is 72.2. The van der Waals surface area contributed by atoms with Gasteiger partial charge in [-0.1, -0.05) is 0 Å². The van der Waals surface area contributed by atoms with Gasteiger partial charge in [-0.3, -0.25) is 9.89 Å². The van der Waals surface area contributed by atoms with E-state index in [0.29, 0.717) is 43.3 Å². The van der Waals surface area contributed by atoms with E-state index >= 15 is 0 Å². The fraction of sp³-hybridized carbons (Fsp3) is 0.611. The number of ether oxygens (including phenoxy) is 2. The molecule has 1 heterocycles. The van der Waals surface area contributed by atoms with Crippen molar-refractivity contribution in [2.24, 2.45) is 10.9 Å². The van der Waals surface area contributed by atoms with Crippen molar-refractivity contribution in [3.05, 3.63) is 23.8 Å². The van der Waals surface area contributed by atoms with Crippen LogP contribution in [0.2, 0.25) is 0 Å². The van der Waals surface area contributed by atoms with E-state index in [4.69, 9.17) is 4.74 Å². The second-order valence-electron chi connectivity index (χ2n) is 6.66. The number of aliphatic imine (C=N–C) groups is 1. The zero-order valence-electron chi connectivity index (χ0n) is 16.2. The molecule has 1 aromatic carbocycles. The summed E-state index contributed by atoms with van der Waals surface area (Å²) in [7, 11) is 3.01. The lowest BCUT2D eigenvalue weighted by molar-refractivity contribution is -0.143. The van der Waals surface area contributed by atoms with Crippen LogP contribution in [-0.2, 0) is 6.54 Å². The molecule has 0 bridgehead atoms. The third-order valence-corrected chi connectivity index (χ3v) is 4.48. The van der Waals surface area contributed by atoms with Crippen LogP contribution in [0.1, 0.15) is 12.0 Å². The Labute approximate surface area is 166 Å².